The first-order chi connectivity index (χ1) is 17.1. The van der Waals surface area contributed by atoms with Crippen LogP contribution < -0.4 is 19.5 Å². The van der Waals surface area contributed by atoms with Gasteiger partial charge >= 0.3 is 6.09 Å². The first-order valence-corrected chi connectivity index (χ1v) is 12.9. The number of carbonyl (C=O) groups is 1. The zero-order valence-electron chi connectivity index (χ0n) is 20.2. The lowest BCUT2D eigenvalue weighted by Gasteiger charge is -2.35. The Kier molecular flexibility index (Phi) is 9.37. The van der Waals surface area contributed by atoms with Gasteiger partial charge in [-0.15, -0.1) is 0 Å². The molecule has 12 heteroatoms. The minimum atomic E-state index is -4.13. The summed E-state index contributed by atoms with van der Waals surface area (Å²) >= 11 is 0. The molecule has 4 N–H and O–H groups in total. The summed E-state index contributed by atoms with van der Waals surface area (Å²) in [6, 6.07) is 10.2. The van der Waals surface area contributed by atoms with E-state index in [4.69, 9.17) is 24.4 Å². The number of nitrogens with zero attached hydrogens (tertiary/aromatic N) is 1. The van der Waals surface area contributed by atoms with Gasteiger partial charge in [0, 0.05) is 19.2 Å². The third-order valence-corrected chi connectivity index (χ3v) is 7.39. The van der Waals surface area contributed by atoms with Gasteiger partial charge in [0.1, 0.15) is 12.4 Å². The van der Waals surface area contributed by atoms with Crippen LogP contribution in [0.3, 0.4) is 0 Å². The van der Waals surface area contributed by atoms with E-state index in [9.17, 15) is 18.3 Å². The Labute approximate surface area is 210 Å². The van der Waals surface area contributed by atoms with E-state index in [0.717, 1.165) is 0 Å². The van der Waals surface area contributed by atoms with E-state index in [-0.39, 0.29) is 50.3 Å². The lowest BCUT2D eigenvalue weighted by Crippen LogP contribution is -2.52. The van der Waals surface area contributed by atoms with E-state index in [1.807, 2.05) is 13.8 Å². The average Bonchev–Trinajstić information content (AvgIpc) is 3.32. The lowest BCUT2D eigenvalue weighted by atomic mass is 10.00. The SMILES string of the molecule is CC(C)CN(C(Cc1ccc(OCCO)cc1)[C@H](O)CNC(=O)O)S(=O)(=O)c1ccc2c(c1)OCO2. The number of amides is 1. The van der Waals surface area contributed by atoms with E-state index in [1.165, 1.54) is 22.5 Å². The predicted molar refractivity (Wildman–Crippen MR) is 130 cm³/mol. The zero-order chi connectivity index (χ0) is 26.3. The molecule has 198 valence electrons. The van der Waals surface area contributed by atoms with Crippen molar-refractivity contribution in [2.75, 3.05) is 33.1 Å². The van der Waals surface area contributed by atoms with Crippen LogP contribution >= 0.6 is 0 Å². The smallest absolute Gasteiger partial charge is 0.404 e. The molecule has 1 aliphatic rings. The van der Waals surface area contributed by atoms with Gasteiger partial charge in [-0.25, -0.2) is 13.2 Å². The van der Waals surface area contributed by atoms with Gasteiger partial charge in [0.15, 0.2) is 11.5 Å². The number of nitrogens with one attached hydrogen (secondary N) is 1. The van der Waals surface area contributed by atoms with Crippen molar-refractivity contribution in [2.24, 2.45) is 5.92 Å². The Morgan fingerprint density at radius 2 is 1.83 bits per heavy atom. The van der Waals surface area contributed by atoms with Gasteiger partial charge in [-0.3, -0.25) is 0 Å². The molecular weight excluding hydrogens is 492 g/mol. The van der Waals surface area contributed by atoms with Crippen LogP contribution in [0.2, 0.25) is 0 Å². The second kappa shape index (κ2) is 12.3. The van der Waals surface area contributed by atoms with Crippen molar-refractivity contribution < 1.29 is 42.7 Å². The summed E-state index contributed by atoms with van der Waals surface area (Å²) in [6.45, 7) is 3.44. The Balaban J connectivity index is 1.97. The van der Waals surface area contributed by atoms with Crippen LogP contribution in [0, 0.1) is 5.92 Å². The number of aliphatic hydroxyl groups is 2. The molecule has 2 atom stereocenters. The topological polar surface area (TPSA) is 155 Å². The number of hydrogen-bond acceptors (Lipinski definition) is 8. The van der Waals surface area contributed by atoms with E-state index in [0.29, 0.717) is 22.8 Å². The summed E-state index contributed by atoms with van der Waals surface area (Å²) in [4.78, 5) is 11.0. The van der Waals surface area contributed by atoms with E-state index in [1.54, 1.807) is 24.3 Å². The Morgan fingerprint density at radius 1 is 1.14 bits per heavy atom. The summed E-state index contributed by atoms with van der Waals surface area (Å²) in [5.74, 6) is 1.19. The van der Waals surface area contributed by atoms with Crippen LogP contribution in [0.5, 0.6) is 17.2 Å². The highest BCUT2D eigenvalue weighted by molar-refractivity contribution is 7.89. The molecular formula is C24H32N2O9S. The zero-order valence-corrected chi connectivity index (χ0v) is 21.0. The highest BCUT2D eigenvalue weighted by atomic mass is 32.2. The van der Waals surface area contributed by atoms with Crippen molar-refractivity contribution in [3.8, 4) is 17.2 Å². The lowest BCUT2D eigenvalue weighted by molar-refractivity contribution is 0.0830. The Morgan fingerprint density at radius 3 is 2.47 bits per heavy atom. The molecule has 1 aliphatic heterocycles. The quantitative estimate of drug-likeness (QED) is 0.306. The molecule has 0 radical (unpaired) electrons. The molecule has 0 aromatic heterocycles. The average molecular weight is 525 g/mol. The maximum absolute atomic E-state index is 13.9. The van der Waals surface area contributed by atoms with Gasteiger partial charge < -0.3 is 34.8 Å². The summed E-state index contributed by atoms with van der Waals surface area (Å²) < 4.78 is 44.9. The van der Waals surface area contributed by atoms with Gasteiger partial charge in [0.05, 0.1) is 23.6 Å². The number of hydrogen-bond donors (Lipinski definition) is 4. The molecule has 11 nitrogen and oxygen atoms in total. The minimum Gasteiger partial charge on any atom is -0.491 e. The van der Waals surface area contributed by atoms with Crippen molar-refractivity contribution in [2.45, 2.75) is 37.3 Å². The van der Waals surface area contributed by atoms with Gasteiger partial charge in [0.25, 0.3) is 0 Å². The van der Waals surface area contributed by atoms with Crippen LogP contribution in [0.15, 0.2) is 47.4 Å². The maximum Gasteiger partial charge on any atom is 0.404 e. The Bertz CT molecular complexity index is 1120. The molecule has 0 fully saturated rings. The van der Waals surface area contributed by atoms with Crippen LogP contribution in [0.4, 0.5) is 4.79 Å². The molecule has 0 saturated heterocycles. The first-order valence-electron chi connectivity index (χ1n) is 11.5. The van der Waals surface area contributed by atoms with Crippen molar-refractivity contribution >= 4 is 16.1 Å². The molecule has 3 rings (SSSR count). The molecule has 1 heterocycles. The van der Waals surface area contributed by atoms with E-state index in [2.05, 4.69) is 5.32 Å². The number of carboxylic acid groups (broad SMARTS) is 1. The van der Waals surface area contributed by atoms with Crippen molar-refractivity contribution in [1.82, 2.24) is 9.62 Å². The largest absolute Gasteiger partial charge is 0.491 e. The Hall–Kier alpha value is -3.06. The van der Waals surface area contributed by atoms with Gasteiger partial charge in [-0.2, -0.15) is 4.31 Å². The third-order valence-electron chi connectivity index (χ3n) is 5.50. The molecule has 36 heavy (non-hydrogen) atoms. The molecule has 1 amide bonds. The molecule has 0 aliphatic carbocycles. The van der Waals surface area contributed by atoms with Gasteiger partial charge in [-0.05, 0) is 42.2 Å². The predicted octanol–water partition coefficient (Wildman–Crippen LogP) is 1.67. The summed E-state index contributed by atoms with van der Waals surface area (Å²) in [6.07, 6.45) is -2.56. The fraction of sp³-hybridized carbons (Fsp3) is 0.458. The third kappa shape index (κ3) is 7.00. The number of benzene rings is 2. The maximum atomic E-state index is 13.9. The second-order valence-electron chi connectivity index (χ2n) is 8.72. The molecule has 0 spiro atoms. The van der Waals surface area contributed by atoms with Crippen molar-refractivity contribution in [3.63, 3.8) is 0 Å². The van der Waals surface area contributed by atoms with Crippen LogP contribution in [-0.2, 0) is 16.4 Å². The van der Waals surface area contributed by atoms with Gasteiger partial charge in [0.2, 0.25) is 16.8 Å². The van der Waals surface area contributed by atoms with Crippen LogP contribution in [0.25, 0.3) is 0 Å². The van der Waals surface area contributed by atoms with Crippen LogP contribution in [-0.4, -0.2) is 79.4 Å². The first kappa shape index (κ1) is 27.5. The van der Waals surface area contributed by atoms with Gasteiger partial charge in [-0.1, -0.05) is 26.0 Å². The molecule has 2 aromatic carbocycles. The highest BCUT2D eigenvalue weighted by Gasteiger charge is 2.37. The molecule has 2 aromatic rings. The number of fused-ring (bicyclic) bond motifs is 1. The van der Waals surface area contributed by atoms with Crippen molar-refractivity contribution in [3.05, 3.63) is 48.0 Å². The minimum absolute atomic E-state index is 0.00520. The monoisotopic (exact) mass is 524 g/mol. The summed E-state index contributed by atoms with van der Waals surface area (Å²) in [7, 11) is -4.13. The summed E-state index contributed by atoms with van der Waals surface area (Å²) in [5, 5.41) is 31.1. The summed E-state index contributed by atoms with van der Waals surface area (Å²) in [5.41, 5.74) is 0.709. The number of rotatable bonds is 13. The second-order valence-corrected chi connectivity index (χ2v) is 10.6. The fourth-order valence-corrected chi connectivity index (χ4v) is 5.66. The van der Waals surface area contributed by atoms with E-state index >= 15 is 0 Å². The number of sulfonamides is 1. The molecule has 0 saturated carbocycles. The fourth-order valence-electron chi connectivity index (χ4n) is 3.83. The molecule has 0 bridgehead atoms. The molecule has 1 unspecified atom stereocenters. The van der Waals surface area contributed by atoms with Crippen molar-refractivity contribution in [1.29, 1.82) is 0 Å². The van der Waals surface area contributed by atoms with E-state index < -0.39 is 28.3 Å². The standard InChI is InChI=1S/C24H32N2O9S/c1-16(2)14-26(36(31,32)19-7-8-22-23(12-19)35-15-34-22)20(21(28)13-25-24(29)30)11-17-3-5-18(6-4-17)33-10-9-27/h3-8,12,16,20-21,25,27-28H,9-11,13-15H2,1-2H3,(H,29,30)/t20?,21-/m1/s1. The van der Waals surface area contributed by atoms with Crippen LogP contribution in [0.1, 0.15) is 19.4 Å². The highest BCUT2D eigenvalue weighted by Crippen LogP contribution is 2.35. The number of aliphatic hydroxyl groups excluding tert-OH is 2. The normalized spacial score (nSPS) is 14.6. The number of ether oxygens (including phenoxy) is 3.